The molecule has 18 heavy (non-hydrogen) atoms. The standard InChI is InChI=1S/C13H9BF2O2/c15-10-3-1-8(2-4-10)11-6-12-9(5-13(11)16)7-18-14(12)17/h1-6,17H,7H2. The van der Waals surface area contributed by atoms with Crippen LogP contribution in [-0.2, 0) is 11.3 Å². The monoisotopic (exact) mass is 246 g/mol. The Labute approximate surface area is 103 Å². The fraction of sp³-hybridized carbons (Fsp3) is 0.0769. The van der Waals surface area contributed by atoms with E-state index in [4.69, 9.17) is 4.65 Å². The molecule has 0 radical (unpaired) electrons. The number of rotatable bonds is 1. The first-order valence-electron chi connectivity index (χ1n) is 5.53. The quantitative estimate of drug-likeness (QED) is 0.778. The zero-order chi connectivity index (χ0) is 12.7. The second-order valence-electron chi connectivity index (χ2n) is 4.20. The maximum absolute atomic E-state index is 13.9. The van der Waals surface area contributed by atoms with Crippen LogP contribution < -0.4 is 5.46 Å². The van der Waals surface area contributed by atoms with Crippen LogP contribution in [0.1, 0.15) is 5.56 Å². The number of hydrogen-bond acceptors (Lipinski definition) is 2. The summed E-state index contributed by atoms with van der Waals surface area (Å²) < 4.78 is 31.8. The highest BCUT2D eigenvalue weighted by atomic mass is 19.1. The molecule has 0 aliphatic carbocycles. The highest BCUT2D eigenvalue weighted by molar-refractivity contribution is 6.61. The van der Waals surface area contributed by atoms with Crippen molar-refractivity contribution < 1.29 is 18.5 Å². The first-order chi connectivity index (χ1) is 8.65. The van der Waals surface area contributed by atoms with Crippen LogP contribution in [-0.4, -0.2) is 12.1 Å². The molecule has 1 N–H and O–H groups in total. The number of halogens is 2. The van der Waals surface area contributed by atoms with Crippen molar-refractivity contribution >= 4 is 12.6 Å². The van der Waals surface area contributed by atoms with Gasteiger partial charge in [0.05, 0.1) is 6.61 Å². The van der Waals surface area contributed by atoms with Gasteiger partial charge in [0.2, 0.25) is 0 Å². The molecule has 90 valence electrons. The molecule has 5 heteroatoms. The highest BCUT2D eigenvalue weighted by Crippen LogP contribution is 2.25. The molecule has 2 aromatic rings. The first-order valence-corrected chi connectivity index (χ1v) is 5.53. The van der Waals surface area contributed by atoms with Gasteiger partial charge in [-0.1, -0.05) is 18.2 Å². The Morgan fingerprint density at radius 1 is 1.11 bits per heavy atom. The topological polar surface area (TPSA) is 29.5 Å². The van der Waals surface area contributed by atoms with E-state index in [0.717, 1.165) is 0 Å². The van der Waals surface area contributed by atoms with Crippen LogP contribution in [0.4, 0.5) is 8.78 Å². The molecule has 1 aliphatic rings. The van der Waals surface area contributed by atoms with Gasteiger partial charge in [-0.05, 0) is 34.8 Å². The van der Waals surface area contributed by atoms with E-state index in [1.54, 1.807) is 6.07 Å². The molecule has 1 heterocycles. The minimum Gasteiger partial charge on any atom is -0.423 e. The van der Waals surface area contributed by atoms with Gasteiger partial charge in [-0.15, -0.1) is 0 Å². The largest absolute Gasteiger partial charge is 0.491 e. The minimum absolute atomic E-state index is 0.205. The third-order valence-corrected chi connectivity index (χ3v) is 3.05. The summed E-state index contributed by atoms with van der Waals surface area (Å²) >= 11 is 0. The molecule has 0 unspecified atom stereocenters. The summed E-state index contributed by atoms with van der Waals surface area (Å²) in [6.07, 6.45) is 0. The van der Waals surface area contributed by atoms with Crippen LogP contribution >= 0.6 is 0 Å². The van der Waals surface area contributed by atoms with Gasteiger partial charge in [0.1, 0.15) is 11.6 Å². The average molecular weight is 246 g/mol. The number of hydrogen-bond donors (Lipinski definition) is 1. The SMILES string of the molecule is OB1OCc2cc(F)c(-c3ccc(F)cc3)cc21. The van der Waals surface area contributed by atoms with Crippen LogP contribution in [0.2, 0.25) is 0 Å². The van der Waals surface area contributed by atoms with Crippen molar-refractivity contribution in [2.24, 2.45) is 0 Å². The fourth-order valence-electron chi connectivity index (χ4n) is 2.10. The molecule has 3 rings (SSSR count). The zero-order valence-electron chi connectivity index (χ0n) is 9.36. The summed E-state index contributed by atoms with van der Waals surface area (Å²) in [5.41, 5.74) is 2.11. The highest BCUT2D eigenvalue weighted by Gasteiger charge is 2.28. The second kappa shape index (κ2) is 4.19. The Morgan fingerprint density at radius 3 is 2.56 bits per heavy atom. The maximum atomic E-state index is 13.9. The van der Waals surface area contributed by atoms with E-state index in [0.29, 0.717) is 22.2 Å². The molecule has 0 aromatic heterocycles. The normalized spacial score (nSPS) is 13.8. The van der Waals surface area contributed by atoms with Crippen LogP contribution in [0.25, 0.3) is 11.1 Å². The Bertz CT molecular complexity index is 599. The third kappa shape index (κ3) is 1.81. The molecular weight excluding hydrogens is 237 g/mol. The summed E-state index contributed by atoms with van der Waals surface area (Å²) in [7, 11) is -1.01. The Morgan fingerprint density at radius 2 is 1.83 bits per heavy atom. The van der Waals surface area contributed by atoms with Crippen molar-refractivity contribution in [2.75, 3.05) is 0 Å². The van der Waals surface area contributed by atoms with Gasteiger partial charge < -0.3 is 9.68 Å². The van der Waals surface area contributed by atoms with Gasteiger partial charge in [0.15, 0.2) is 0 Å². The fourth-order valence-corrected chi connectivity index (χ4v) is 2.10. The van der Waals surface area contributed by atoms with Crippen molar-refractivity contribution in [3.8, 4) is 11.1 Å². The lowest BCUT2D eigenvalue weighted by Crippen LogP contribution is -2.28. The van der Waals surface area contributed by atoms with Gasteiger partial charge in [0, 0.05) is 5.56 Å². The van der Waals surface area contributed by atoms with E-state index in [1.807, 2.05) is 0 Å². The van der Waals surface area contributed by atoms with E-state index in [-0.39, 0.29) is 12.4 Å². The summed E-state index contributed by atoms with van der Waals surface area (Å²) in [5.74, 6) is -0.776. The van der Waals surface area contributed by atoms with Crippen molar-refractivity contribution in [2.45, 2.75) is 6.61 Å². The zero-order valence-corrected chi connectivity index (χ0v) is 9.36. The number of fused-ring (bicyclic) bond motifs is 1. The predicted octanol–water partition coefficient (Wildman–Crippen LogP) is 1.85. The Balaban J connectivity index is 2.12. The Hall–Kier alpha value is -1.72. The third-order valence-electron chi connectivity index (χ3n) is 3.05. The van der Waals surface area contributed by atoms with Crippen LogP contribution in [0, 0.1) is 11.6 Å². The van der Waals surface area contributed by atoms with Crippen LogP contribution in [0.15, 0.2) is 36.4 Å². The molecule has 0 saturated carbocycles. The maximum Gasteiger partial charge on any atom is 0.491 e. The van der Waals surface area contributed by atoms with Crippen molar-refractivity contribution in [3.05, 3.63) is 53.6 Å². The van der Waals surface area contributed by atoms with Crippen molar-refractivity contribution in [3.63, 3.8) is 0 Å². The second-order valence-corrected chi connectivity index (χ2v) is 4.20. The van der Waals surface area contributed by atoms with Crippen molar-refractivity contribution in [1.29, 1.82) is 0 Å². The molecule has 0 bridgehead atoms. The van der Waals surface area contributed by atoms with Gasteiger partial charge >= 0.3 is 7.12 Å². The van der Waals surface area contributed by atoms with Gasteiger partial charge in [-0.25, -0.2) is 8.78 Å². The lowest BCUT2D eigenvalue weighted by molar-refractivity contribution is 0.275. The average Bonchev–Trinajstić information content (AvgIpc) is 2.71. The Kier molecular flexibility index (Phi) is 2.65. The van der Waals surface area contributed by atoms with Gasteiger partial charge in [0.25, 0.3) is 0 Å². The van der Waals surface area contributed by atoms with E-state index >= 15 is 0 Å². The molecule has 2 aromatic carbocycles. The van der Waals surface area contributed by atoms with Crippen LogP contribution in [0.3, 0.4) is 0 Å². The molecule has 1 aliphatic heterocycles. The van der Waals surface area contributed by atoms with Crippen molar-refractivity contribution in [1.82, 2.24) is 0 Å². The first kappa shape index (κ1) is 11.4. The molecule has 0 atom stereocenters. The van der Waals surface area contributed by atoms with Gasteiger partial charge in [-0.2, -0.15) is 0 Å². The molecule has 2 nitrogen and oxygen atoms in total. The lowest BCUT2D eigenvalue weighted by atomic mass is 9.78. The molecular formula is C13H9BF2O2. The predicted molar refractivity (Wildman–Crippen MR) is 64.2 cm³/mol. The van der Waals surface area contributed by atoms with E-state index in [9.17, 15) is 13.8 Å². The molecule has 0 spiro atoms. The molecule has 0 saturated heterocycles. The molecule has 0 fully saturated rings. The van der Waals surface area contributed by atoms with E-state index in [2.05, 4.69) is 0 Å². The minimum atomic E-state index is -1.01. The summed E-state index contributed by atoms with van der Waals surface area (Å²) in [6, 6.07) is 8.45. The van der Waals surface area contributed by atoms with Crippen LogP contribution in [0.5, 0.6) is 0 Å². The smallest absolute Gasteiger partial charge is 0.423 e. The molecule has 0 amide bonds. The van der Waals surface area contributed by atoms with Gasteiger partial charge in [-0.3, -0.25) is 0 Å². The summed E-state index contributed by atoms with van der Waals surface area (Å²) in [5, 5.41) is 9.58. The van der Waals surface area contributed by atoms with E-state index < -0.39 is 12.9 Å². The van der Waals surface area contributed by atoms with E-state index in [1.165, 1.54) is 30.3 Å². The lowest BCUT2D eigenvalue weighted by Gasteiger charge is -2.07. The number of benzene rings is 2. The summed E-state index contributed by atoms with van der Waals surface area (Å²) in [6.45, 7) is 0.205. The summed E-state index contributed by atoms with van der Waals surface area (Å²) in [4.78, 5) is 0.